The molecule has 2 N–H and O–H groups in total. The van der Waals surface area contributed by atoms with Crippen LogP contribution in [0.3, 0.4) is 0 Å². The third-order valence-electron chi connectivity index (χ3n) is 3.75. The number of hydrogen-bond acceptors (Lipinski definition) is 5. The van der Waals surface area contributed by atoms with Gasteiger partial charge in [-0.1, -0.05) is 6.92 Å². The molecular formula is C15H26N4S. The van der Waals surface area contributed by atoms with Gasteiger partial charge in [0.1, 0.15) is 17.5 Å². The fraction of sp³-hybridized carbons (Fsp3) is 0.733. The van der Waals surface area contributed by atoms with Crippen molar-refractivity contribution in [2.24, 2.45) is 0 Å². The summed E-state index contributed by atoms with van der Waals surface area (Å²) in [6.45, 7) is 5.06. The van der Waals surface area contributed by atoms with E-state index in [1.54, 1.807) is 0 Å². The van der Waals surface area contributed by atoms with Crippen LogP contribution in [0.15, 0.2) is 6.07 Å². The molecular weight excluding hydrogens is 268 g/mol. The second kappa shape index (κ2) is 7.72. The third-order valence-corrected chi connectivity index (χ3v) is 4.89. The Labute approximate surface area is 126 Å². The normalized spacial score (nSPS) is 22.6. The molecule has 0 atom stereocenters. The Morgan fingerprint density at radius 3 is 2.55 bits per heavy atom. The number of hydrogen-bond donors (Lipinski definition) is 2. The molecule has 1 aromatic heterocycles. The van der Waals surface area contributed by atoms with E-state index in [2.05, 4.69) is 33.8 Å². The van der Waals surface area contributed by atoms with Crippen LogP contribution in [0.5, 0.6) is 0 Å². The summed E-state index contributed by atoms with van der Waals surface area (Å²) in [6, 6.07) is 2.59. The number of anilines is 2. The van der Waals surface area contributed by atoms with Gasteiger partial charge in [-0.15, -0.1) is 0 Å². The molecule has 5 heteroatoms. The summed E-state index contributed by atoms with van der Waals surface area (Å²) >= 11 is 2.00. The second-order valence-corrected chi connectivity index (χ2v) is 6.60. The van der Waals surface area contributed by atoms with E-state index in [0.29, 0.717) is 6.04 Å². The summed E-state index contributed by atoms with van der Waals surface area (Å²) in [5.74, 6) is 2.72. The molecule has 112 valence electrons. The minimum Gasteiger partial charge on any atom is -0.370 e. The van der Waals surface area contributed by atoms with Gasteiger partial charge in [-0.25, -0.2) is 9.97 Å². The number of nitrogens with zero attached hydrogens (tertiary/aromatic N) is 2. The molecule has 0 aliphatic heterocycles. The highest BCUT2D eigenvalue weighted by molar-refractivity contribution is 7.99. The van der Waals surface area contributed by atoms with E-state index in [9.17, 15) is 0 Å². The maximum Gasteiger partial charge on any atom is 0.132 e. The highest BCUT2D eigenvalue weighted by Gasteiger charge is 2.20. The summed E-state index contributed by atoms with van der Waals surface area (Å²) in [5, 5.41) is 7.77. The monoisotopic (exact) mass is 294 g/mol. The number of nitrogens with one attached hydrogen (secondary N) is 2. The fourth-order valence-corrected chi connectivity index (χ4v) is 3.38. The smallest absolute Gasteiger partial charge is 0.132 e. The van der Waals surface area contributed by atoms with Gasteiger partial charge in [0.05, 0.1) is 0 Å². The average molecular weight is 294 g/mol. The van der Waals surface area contributed by atoms with Gasteiger partial charge >= 0.3 is 0 Å². The lowest BCUT2D eigenvalue weighted by atomic mass is 9.95. The Hall–Kier alpha value is -0.970. The molecule has 0 saturated heterocycles. The largest absolute Gasteiger partial charge is 0.370 e. The Kier molecular flexibility index (Phi) is 5.95. The summed E-state index contributed by atoms with van der Waals surface area (Å²) in [7, 11) is 0. The summed E-state index contributed by atoms with van der Waals surface area (Å²) < 4.78 is 0. The van der Waals surface area contributed by atoms with Crippen LogP contribution in [0.4, 0.5) is 11.6 Å². The molecule has 20 heavy (non-hydrogen) atoms. The Bertz CT molecular complexity index is 416. The van der Waals surface area contributed by atoms with Gasteiger partial charge in [0.25, 0.3) is 0 Å². The lowest BCUT2D eigenvalue weighted by Gasteiger charge is -2.28. The standard InChI is InChI=1S/C15H26N4S/c1-4-9-16-14-10-15(18-11(2)17-14)19-12-5-7-13(20-3)8-6-12/h10,12-13H,4-9H2,1-3H3,(H2,16,17,18,19). The molecule has 1 aliphatic rings. The van der Waals surface area contributed by atoms with E-state index in [1.807, 2.05) is 24.8 Å². The first kappa shape index (κ1) is 15.4. The van der Waals surface area contributed by atoms with E-state index in [1.165, 1.54) is 25.7 Å². The van der Waals surface area contributed by atoms with Gasteiger partial charge < -0.3 is 10.6 Å². The van der Waals surface area contributed by atoms with Crippen LogP contribution in [0.25, 0.3) is 0 Å². The van der Waals surface area contributed by atoms with Gasteiger partial charge in [0.2, 0.25) is 0 Å². The molecule has 0 aromatic carbocycles. The van der Waals surface area contributed by atoms with Crippen molar-refractivity contribution < 1.29 is 0 Å². The third kappa shape index (κ3) is 4.54. The van der Waals surface area contributed by atoms with Gasteiger partial charge in [-0.2, -0.15) is 11.8 Å². The van der Waals surface area contributed by atoms with Crippen LogP contribution in [-0.2, 0) is 0 Å². The summed E-state index contributed by atoms with van der Waals surface area (Å²) in [6.07, 6.45) is 8.43. The zero-order valence-corrected chi connectivity index (χ0v) is 13.6. The van der Waals surface area contributed by atoms with Gasteiger partial charge in [-0.3, -0.25) is 0 Å². The van der Waals surface area contributed by atoms with Gasteiger partial charge in [-0.05, 0) is 45.3 Å². The zero-order chi connectivity index (χ0) is 14.4. The van der Waals surface area contributed by atoms with E-state index in [0.717, 1.165) is 35.7 Å². The molecule has 1 saturated carbocycles. The predicted octanol–water partition coefficient (Wildman–Crippen LogP) is 3.69. The molecule has 0 spiro atoms. The minimum absolute atomic E-state index is 0.562. The van der Waals surface area contributed by atoms with Crippen molar-refractivity contribution in [3.8, 4) is 0 Å². The Morgan fingerprint density at radius 2 is 1.90 bits per heavy atom. The molecule has 0 amide bonds. The first-order chi connectivity index (χ1) is 9.71. The number of rotatable bonds is 6. The first-order valence-corrected chi connectivity index (χ1v) is 8.89. The predicted molar refractivity (Wildman–Crippen MR) is 88.7 cm³/mol. The number of aryl methyl sites for hydroxylation is 1. The Morgan fingerprint density at radius 1 is 1.20 bits per heavy atom. The molecule has 1 aromatic rings. The maximum absolute atomic E-state index is 4.51. The quantitative estimate of drug-likeness (QED) is 0.838. The second-order valence-electron chi connectivity index (χ2n) is 5.47. The van der Waals surface area contributed by atoms with Crippen LogP contribution in [0.2, 0.25) is 0 Å². The van der Waals surface area contributed by atoms with E-state index < -0.39 is 0 Å². The Balaban J connectivity index is 1.93. The van der Waals surface area contributed by atoms with Crippen molar-refractivity contribution in [1.29, 1.82) is 0 Å². The number of thioether (sulfide) groups is 1. The fourth-order valence-electron chi connectivity index (χ4n) is 2.64. The maximum atomic E-state index is 4.51. The topological polar surface area (TPSA) is 49.8 Å². The molecule has 0 bridgehead atoms. The van der Waals surface area contributed by atoms with Crippen LogP contribution >= 0.6 is 11.8 Å². The van der Waals surface area contributed by atoms with E-state index >= 15 is 0 Å². The van der Waals surface area contributed by atoms with Crippen molar-refractivity contribution in [2.45, 2.75) is 57.2 Å². The lowest BCUT2D eigenvalue weighted by molar-refractivity contribution is 0.472. The van der Waals surface area contributed by atoms with Crippen LogP contribution < -0.4 is 10.6 Å². The molecule has 1 aliphatic carbocycles. The SMILES string of the molecule is CCCNc1cc(NC2CCC(SC)CC2)nc(C)n1. The van der Waals surface area contributed by atoms with Crippen molar-refractivity contribution in [1.82, 2.24) is 9.97 Å². The van der Waals surface area contributed by atoms with Crippen molar-refractivity contribution in [3.63, 3.8) is 0 Å². The van der Waals surface area contributed by atoms with Gasteiger partial charge in [0, 0.05) is 23.9 Å². The molecule has 1 heterocycles. The van der Waals surface area contributed by atoms with E-state index in [-0.39, 0.29) is 0 Å². The summed E-state index contributed by atoms with van der Waals surface area (Å²) in [4.78, 5) is 8.93. The van der Waals surface area contributed by atoms with Crippen molar-refractivity contribution in [2.75, 3.05) is 23.4 Å². The molecule has 0 unspecified atom stereocenters. The van der Waals surface area contributed by atoms with Crippen LogP contribution in [-0.4, -0.2) is 34.1 Å². The van der Waals surface area contributed by atoms with Crippen LogP contribution in [0, 0.1) is 6.92 Å². The van der Waals surface area contributed by atoms with E-state index in [4.69, 9.17) is 0 Å². The molecule has 1 fully saturated rings. The molecule has 2 rings (SSSR count). The van der Waals surface area contributed by atoms with Crippen LogP contribution in [0.1, 0.15) is 44.9 Å². The molecule has 0 radical (unpaired) electrons. The van der Waals surface area contributed by atoms with Gasteiger partial charge in [0.15, 0.2) is 0 Å². The van der Waals surface area contributed by atoms with Crippen molar-refractivity contribution in [3.05, 3.63) is 11.9 Å². The lowest BCUT2D eigenvalue weighted by Crippen LogP contribution is -2.27. The highest BCUT2D eigenvalue weighted by Crippen LogP contribution is 2.28. The average Bonchev–Trinajstić information content (AvgIpc) is 2.45. The minimum atomic E-state index is 0.562. The number of aromatic nitrogens is 2. The highest BCUT2D eigenvalue weighted by atomic mass is 32.2. The summed E-state index contributed by atoms with van der Waals surface area (Å²) in [5.41, 5.74) is 0. The van der Waals surface area contributed by atoms with Crippen molar-refractivity contribution >= 4 is 23.4 Å². The first-order valence-electron chi connectivity index (χ1n) is 7.60. The zero-order valence-electron chi connectivity index (χ0n) is 12.8. The molecule has 4 nitrogen and oxygen atoms in total.